The molecule has 1 aliphatic carbocycles. The summed E-state index contributed by atoms with van der Waals surface area (Å²) in [6.07, 6.45) is 4.26. The molecule has 0 unspecified atom stereocenters. The Morgan fingerprint density at radius 1 is 1.24 bits per heavy atom. The van der Waals surface area contributed by atoms with Crippen LogP contribution < -0.4 is 5.32 Å². The lowest BCUT2D eigenvalue weighted by Crippen LogP contribution is -2.53. The minimum absolute atomic E-state index is 0.0219. The van der Waals surface area contributed by atoms with Crippen molar-refractivity contribution in [2.24, 2.45) is 5.92 Å². The van der Waals surface area contributed by atoms with Crippen molar-refractivity contribution in [1.82, 2.24) is 10.2 Å². The average molecular weight is 298 g/mol. The van der Waals surface area contributed by atoms with E-state index in [1.165, 1.54) is 0 Å². The van der Waals surface area contributed by atoms with Gasteiger partial charge in [-0.2, -0.15) is 0 Å². The first-order chi connectivity index (χ1) is 10.0. The number of rotatable bonds is 5. The summed E-state index contributed by atoms with van der Waals surface area (Å²) >= 11 is 0. The maximum absolute atomic E-state index is 12.0. The van der Waals surface area contributed by atoms with E-state index in [4.69, 9.17) is 4.74 Å². The van der Waals surface area contributed by atoms with Gasteiger partial charge in [0, 0.05) is 20.0 Å². The van der Waals surface area contributed by atoms with Gasteiger partial charge in [0.1, 0.15) is 6.10 Å². The summed E-state index contributed by atoms with van der Waals surface area (Å²) in [5.74, 6) is 0.238. The molecule has 0 bridgehead atoms. The zero-order valence-corrected chi connectivity index (χ0v) is 12.9. The molecule has 120 valence electrons. The van der Waals surface area contributed by atoms with Gasteiger partial charge in [0.05, 0.1) is 25.2 Å². The second-order valence-corrected chi connectivity index (χ2v) is 6.29. The fraction of sp³-hybridized carbons (Fsp3) is 0.867. The van der Waals surface area contributed by atoms with Crippen LogP contribution in [-0.4, -0.2) is 60.8 Å². The first-order valence-electron chi connectivity index (χ1n) is 7.78. The predicted molar refractivity (Wildman–Crippen MR) is 77.6 cm³/mol. The van der Waals surface area contributed by atoms with E-state index in [1.54, 1.807) is 19.0 Å². The summed E-state index contributed by atoms with van der Waals surface area (Å²) in [6, 6.07) is -0.145. The van der Waals surface area contributed by atoms with Crippen LogP contribution in [0.15, 0.2) is 0 Å². The van der Waals surface area contributed by atoms with Crippen molar-refractivity contribution in [3.63, 3.8) is 0 Å². The van der Waals surface area contributed by atoms with E-state index in [1.807, 2.05) is 0 Å². The number of nitrogens with zero attached hydrogens (tertiary/aromatic N) is 1. The van der Waals surface area contributed by atoms with Crippen molar-refractivity contribution >= 4 is 11.8 Å². The topological polar surface area (TPSA) is 78.9 Å². The van der Waals surface area contributed by atoms with Gasteiger partial charge in [0.2, 0.25) is 11.8 Å². The maximum atomic E-state index is 12.0. The molecule has 21 heavy (non-hydrogen) atoms. The van der Waals surface area contributed by atoms with Gasteiger partial charge < -0.3 is 20.1 Å². The average Bonchev–Trinajstić information content (AvgIpc) is 2.38. The zero-order valence-electron chi connectivity index (χ0n) is 12.9. The van der Waals surface area contributed by atoms with Crippen molar-refractivity contribution in [2.45, 2.75) is 56.8 Å². The van der Waals surface area contributed by atoms with Crippen molar-refractivity contribution in [1.29, 1.82) is 0 Å². The van der Waals surface area contributed by atoms with E-state index in [2.05, 4.69) is 5.32 Å². The van der Waals surface area contributed by atoms with E-state index < -0.39 is 6.10 Å². The molecule has 2 fully saturated rings. The van der Waals surface area contributed by atoms with Gasteiger partial charge in [-0.15, -0.1) is 0 Å². The second kappa shape index (κ2) is 7.22. The number of aliphatic hydroxyl groups excluding tert-OH is 1. The van der Waals surface area contributed by atoms with Crippen LogP contribution in [0.1, 0.15) is 38.5 Å². The molecule has 2 N–H and O–H groups in total. The monoisotopic (exact) mass is 298 g/mol. The Morgan fingerprint density at radius 2 is 1.95 bits per heavy atom. The summed E-state index contributed by atoms with van der Waals surface area (Å²) in [5, 5.41) is 12.5. The Morgan fingerprint density at radius 3 is 2.48 bits per heavy atom. The molecular formula is C15H26N2O4. The molecule has 1 saturated heterocycles. The lowest BCUT2D eigenvalue weighted by atomic mass is 9.84. The first kappa shape index (κ1) is 16.2. The Hall–Kier alpha value is -1.14. The quantitative estimate of drug-likeness (QED) is 0.764. The molecule has 0 radical (unpaired) electrons. The molecule has 0 aromatic carbocycles. The van der Waals surface area contributed by atoms with E-state index in [-0.39, 0.29) is 36.5 Å². The summed E-state index contributed by atoms with van der Waals surface area (Å²) < 4.78 is 5.79. The molecule has 0 aromatic heterocycles. The number of ether oxygens (including phenoxy) is 1. The normalized spacial score (nSPS) is 29.6. The number of carbonyl (C=O) groups excluding carboxylic acids is 2. The number of nitrogens with one attached hydrogen (secondary N) is 1. The van der Waals surface area contributed by atoms with Crippen molar-refractivity contribution in [3.05, 3.63) is 0 Å². The van der Waals surface area contributed by atoms with Gasteiger partial charge in [-0.25, -0.2) is 0 Å². The summed E-state index contributed by atoms with van der Waals surface area (Å²) in [4.78, 5) is 25.3. The highest BCUT2D eigenvalue weighted by Crippen LogP contribution is 2.28. The number of aliphatic hydroxyl groups is 1. The lowest BCUT2D eigenvalue weighted by molar-refractivity contribution is -0.142. The van der Waals surface area contributed by atoms with Gasteiger partial charge in [-0.05, 0) is 25.7 Å². The molecule has 3 atom stereocenters. The van der Waals surface area contributed by atoms with Crippen molar-refractivity contribution < 1.29 is 19.4 Å². The van der Waals surface area contributed by atoms with Crippen LogP contribution >= 0.6 is 0 Å². The van der Waals surface area contributed by atoms with Crippen LogP contribution in [0.3, 0.4) is 0 Å². The largest absolute Gasteiger partial charge is 0.394 e. The predicted octanol–water partition coefficient (Wildman–Crippen LogP) is 0.290. The summed E-state index contributed by atoms with van der Waals surface area (Å²) in [5.41, 5.74) is 0. The standard InChI is InChI=1S/C15H26N2O4/c1-17(2)14(19)8-11-6-7-12(13(9-18)21-11)16-15(20)10-4-3-5-10/h10-13,18H,3-9H2,1-2H3,(H,16,20)/t11-,12-,13-/m0/s1. The van der Waals surface area contributed by atoms with Crippen molar-refractivity contribution in [3.8, 4) is 0 Å². The number of amides is 2. The van der Waals surface area contributed by atoms with Crippen LogP contribution in [0.2, 0.25) is 0 Å². The van der Waals surface area contributed by atoms with Crippen molar-refractivity contribution in [2.75, 3.05) is 20.7 Å². The third-order valence-corrected chi connectivity index (χ3v) is 4.50. The highest BCUT2D eigenvalue weighted by molar-refractivity contribution is 5.79. The number of carbonyl (C=O) groups is 2. The van der Waals surface area contributed by atoms with E-state index >= 15 is 0 Å². The summed E-state index contributed by atoms with van der Waals surface area (Å²) in [6.45, 7) is -0.137. The second-order valence-electron chi connectivity index (χ2n) is 6.29. The maximum Gasteiger partial charge on any atom is 0.224 e. The molecule has 0 spiro atoms. The minimum atomic E-state index is -0.414. The fourth-order valence-corrected chi connectivity index (χ4v) is 2.80. The molecule has 2 amide bonds. The van der Waals surface area contributed by atoms with Crippen LogP contribution in [0.25, 0.3) is 0 Å². The van der Waals surface area contributed by atoms with Crippen LogP contribution in [0.5, 0.6) is 0 Å². The third-order valence-electron chi connectivity index (χ3n) is 4.50. The molecule has 1 saturated carbocycles. The molecule has 1 heterocycles. The SMILES string of the molecule is CN(C)C(=O)C[C@@H]1CC[C@H](NC(=O)C2CCC2)[C@H](CO)O1. The Bertz CT molecular complexity index is 382. The Labute approximate surface area is 125 Å². The number of hydrogen-bond donors (Lipinski definition) is 2. The minimum Gasteiger partial charge on any atom is -0.394 e. The van der Waals surface area contributed by atoms with E-state index in [9.17, 15) is 14.7 Å². The highest BCUT2D eigenvalue weighted by Gasteiger charge is 2.35. The lowest BCUT2D eigenvalue weighted by Gasteiger charge is -2.37. The number of hydrogen-bond acceptors (Lipinski definition) is 4. The first-order valence-corrected chi connectivity index (χ1v) is 7.78. The zero-order chi connectivity index (χ0) is 15.4. The Kier molecular flexibility index (Phi) is 5.58. The van der Waals surface area contributed by atoms with Gasteiger partial charge in [0.15, 0.2) is 0 Å². The molecule has 2 rings (SSSR count). The van der Waals surface area contributed by atoms with Crippen LogP contribution in [0.4, 0.5) is 0 Å². The van der Waals surface area contributed by atoms with Gasteiger partial charge in [-0.3, -0.25) is 9.59 Å². The van der Waals surface area contributed by atoms with Gasteiger partial charge in [0.25, 0.3) is 0 Å². The smallest absolute Gasteiger partial charge is 0.224 e. The van der Waals surface area contributed by atoms with E-state index in [0.29, 0.717) is 6.42 Å². The molecule has 2 aliphatic rings. The third kappa shape index (κ3) is 4.17. The van der Waals surface area contributed by atoms with Crippen LogP contribution in [-0.2, 0) is 14.3 Å². The molecule has 6 nitrogen and oxygen atoms in total. The van der Waals surface area contributed by atoms with Crippen LogP contribution in [0, 0.1) is 5.92 Å². The van der Waals surface area contributed by atoms with Gasteiger partial charge in [-0.1, -0.05) is 6.42 Å². The summed E-state index contributed by atoms with van der Waals surface area (Å²) in [7, 11) is 3.44. The molecule has 0 aromatic rings. The molecule has 1 aliphatic heterocycles. The fourth-order valence-electron chi connectivity index (χ4n) is 2.80. The van der Waals surface area contributed by atoms with Gasteiger partial charge >= 0.3 is 0 Å². The Balaban J connectivity index is 1.83. The highest BCUT2D eigenvalue weighted by atomic mass is 16.5. The van der Waals surface area contributed by atoms with E-state index in [0.717, 1.165) is 32.1 Å². The molecule has 6 heteroatoms. The molecular weight excluding hydrogens is 272 g/mol.